The predicted octanol–water partition coefficient (Wildman–Crippen LogP) is 1.27. The maximum Gasteiger partial charge on any atom is 0.244 e. The van der Waals surface area contributed by atoms with Gasteiger partial charge < -0.3 is 5.32 Å². The number of amides is 1. The van der Waals surface area contributed by atoms with Crippen LogP contribution >= 0.6 is 0 Å². The van der Waals surface area contributed by atoms with Gasteiger partial charge in [-0.2, -0.15) is 4.31 Å². The van der Waals surface area contributed by atoms with Gasteiger partial charge in [-0.3, -0.25) is 4.79 Å². The molecule has 1 aromatic carbocycles. The molecule has 8 nitrogen and oxygen atoms in total. The summed E-state index contributed by atoms with van der Waals surface area (Å²) in [5, 5.41) is 2.82. The van der Waals surface area contributed by atoms with Crippen molar-refractivity contribution >= 4 is 32.0 Å². The number of rotatable bonds is 8. The summed E-state index contributed by atoms with van der Waals surface area (Å²) in [4.78, 5) is 12.4. The lowest BCUT2D eigenvalue weighted by Gasteiger charge is -2.31. The molecule has 0 saturated carbocycles. The summed E-state index contributed by atoms with van der Waals surface area (Å²) in [6.45, 7) is 5.13. The first-order valence-electron chi connectivity index (χ1n) is 9.61. The molecule has 1 saturated heterocycles. The van der Waals surface area contributed by atoms with Crippen LogP contribution in [0.1, 0.15) is 32.3 Å². The number of carbonyl (C=O) groups is 1. The van der Waals surface area contributed by atoms with Gasteiger partial charge in [0.05, 0.1) is 11.2 Å². The van der Waals surface area contributed by atoms with E-state index in [1.807, 2.05) is 0 Å². The number of carbonyl (C=O) groups excluding carboxylic acids is 1. The van der Waals surface area contributed by atoms with E-state index in [-0.39, 0.29) is 23.4 Å². The van der Waals surface area contributed by atoms with Gasteiger partial charge in [0.15, 0.2) is 0 Å². The van der Waals surface area contributed by atoms with Gasteiger partial charge >= 0.3 is 0 Å². The van der Waals surface area contributed by atoms with Crippen molar-refractivity contribution in [1.82, 2.24) is 13.9 Å². The third-order valence-corrected chi connectivity index (χ3v) is 8.18. The first kappa shape index (κ1) is 23.5. The van der Waals surface area contributed by atoms with E-state index in [4.69, 9.17) is 0 Å². The molecule has 1 aliphatic rings. The molecule has 29 heavy (non-hydrogen) atoms. The largest absolute Gasteiger partial charge is 0.348 e. The standard InChI is InChI=1S/C19H29N3O5S2/c1-4-21(5-2)29(26,27)18-11-8-16(9-12-18)10-13-19(23)20-17-7-6-14-22(15-17)28(3,24)25/h8-13,17H,4-7,14-15H2,1-3H3,(H,20,23)/b13-10+. The fourth-order valence-electron chi connectivity index (χ4n) is 3.25. The quantitative estimate of drug-likeness (QED) is 0.610. The summed E-state index contributed by atoms with van der Waals surface area (Å²) < 4.78 is 51.1. The van der Waals surface area contributed by atoms with Crippen molar-refractivity contribution in [2.75, 3.05) is 32.4 Å². The van der Waals surface area contributed by atoms with E-state index in [1.54, 1.807) is 32.1 Å². The monoisotopic (exact) mass is 443 g/mol. The predicted molar refractivity (Wildman–Crippen MR) is 113 cm³/mol. The second kappa shape index (κ2) is 9.84. The maximum absolute atomic E-state index is 12.5. The van der Waals surface area contributed by atoms with Crippen molar-refractivity contribution in [1.29, 1.82) is 0 Å². The van der Waals surface area contributed by atoms with Crippen LogP contribution in [0.2, 0.25) is 0 Å². The molecule has 1 atom stereocenters. The highest BCUT2D eigenvalue weighted by molar-refractivity contribution is 7.89. The van der Waals surface area contributed by atoms with Crippen molar-refractivity contribution in [2.45, 2.75) is 37.6 Å². The Bertz CT molecular complexity index is 937. The van der Waals surface area contributed by atoms with Gasteiger partial charge in [0.25, 0.3) is 0 Å². The molecule has 1 fully saturated rings. The van der Waals surface area contributed by atoms with E-state index in [2.05, 4.69) is 5.32 Å². The number of benzene rings is 1. The fourth-order valence-corrected chi connectivity index (χ4v) is 5.62. The minimum Gasteiger partial charge on any atom is -0.348 e. The Morgan fingerprint density at radius 1 is 1.17 bits per heavy atom. The Kier molecular flexibility index (Phi) is 7.98. The molecule has 1 N–H and O–H groups in total. The van der Waals surface area contributed by atoms with E-state index in [0.29, 0.717) is 31.6 Å². The second-order valence-electron chi connectivity index (χ2n) is 6.96. The SMILES string of the molecule is CCN(CC)S(=O)(=O)c1ccc(/C=C/C(=O)NC2CCCN(S(C)(=O)=O)C2)cc1. The van der Waals surface area contributed by atoms with Crippen LogP contribution in [-0.2, 0) is 24.8 Å². The van der Waals surface area contributed by atoms with Gasteiger partial charge in [-0.1, -0.05) is 26.0 Å². The molecular weight excluding hydrogens is 414 g/mol. The molecule has 2 rings (SSSR count). The maximum atomic E-state index is 12.5. The normalized spacial score (nSPS) is 19.0. The average Bonchev–Trinajstić information content (AvgIpc) is 2.67. The molecule has 162 valence electrons. The molecule has 1 unspecified atom stereocenters. The Labute approximate surface area is 173 Å². The van der Waals surface area contributed by atoms with Crippen LogP contribution in [0.15, 0.2) is 35.2 Å². The van der Waals surface area contributed by atoms with E-state index in [9.17, 15) is 21.6 Å². The highest BCUT2D eigenvalue weighted by Gasteiger charge is 2.26. The van der Waals surface area contributed by atoms with Gasteiger partial charge in [0, 0.05) is 38.3 Å². The number of nitrogens with zero attached hydrogens (tertiary/aromatic N) is 2. The van der Waals surface area contributed by atoms with Crippen LogP contribution in [0.5, 0.6) is 0 Å². The molecule has 1 amide bonds. The molecule has 10 heteroatoms. The number of piperidine rings is 1. The molecule has 0 aliphatic carbocycles. The first-order chi connectivity index (χ1) is 13.6. The lowest BCUT2D eigenvalue weighted by Crippen LogP contribution is -2.48. The van der Waals surface area contributed by atoms with Crippen molar-refractivity contribution in [3.05, 3.63) is 35.9 Å². The second-order valence-corrected chi connectivity index (χ2v) is 10.9. The number of sulfonamides is 2. The van der Waals surface area contributed by atoms with Crippen molar-refractivity contribution in [2.24, 2.45) is 0 Å². The topological polar surface area (TPSA) is 104 Å². The Hall–Kier alpha value is -1.75. The molecule has 0 spiro atoms. The van der Waals surface area contributed by atoms with E-state index >= 15 is 0 Å². The van der Waals surface area contributed by atoms with Crippen LogP contribution in [0.3, 0.4) is 0 Å². The average molecular weight is 444 g/mol. The number of hydrogen-bond donors (Lipinski definition) is 1. The summed E-state index contributed by atoms with van der Waals surface area (Å²) in [5.41, 5.74) is 0.694. The van der Waals surface area contributed by atoms with Gasteiger partial charge in [-0.25, -0.2) is 21.1 Å². The zero-order chi connectivity index (χ0) is 21.7. The van der Waals surface area contributed by atoms with Crippen molar-refractivity contribution in [3.63, 3.8) is 0 Å². The lowest BCUT2D eigenvalue weighted by atomic mass is 10.1. The van der Waals surface area contributed by atoms with Gasteiger partial charge in [-0.15, -0.1) is 0 Å². The highest BCUT2D eigenvalue weighted by Crippen LogP contribution is 2.17. The van der Waals surface area contributed by atoms with E-state index in [1.165, 1.54) is 33.1 Å². The molecule has 0 bridgehead atoms. The summed E-state index contributed by atoms with van der Waals surface area (Å²) in [6, 6.07) is 6.11. The lowest BCUT2D eigenvalue weighted by molar-refractivity contribution is -0.117. The smallest absolute Gasteiger partial charge is 0.244 e. The number of hydrogen-bond acceptors (Lipinski definition) is 5. The minimum atomic E-state index is -3.51. The van der Waals surface area contributed by atoms with Crippen LogP contribution in [0, 0.1) is 0 Å². The van der Waals surface area contributed by atoms with Crippen molar-refractivity contribution < 1.29 is 21.6 Å². The highest BCUT2D eigenvalue weighted by atomic mass is 32.2. The van der Waals surface area contributed by atoms with Crippen LogP contribution < -0.4 is 5.32 Å². The van der Waals surface area contributed by atoms with Gasteiger partial charge in [0.1, 0.15) is 0 Å². The molecule has 1 aromatic rings. The molecule has 1 aliphatic heterocycles. The van der Waals surface area contributed by atoms with Crippen LogP contribution in [0.4, 0.5) is 0 Å². The first-order valence-corrected chi connectivity index (χ1v) is 12.9. The Morgan fingerprint density at radius 2 is 1.79 bits per heavy atom. The van der Waals surface area contributed by atoms with Crippen LogP contribution in [0.25, 0.3) is 6.08 Å². The van der Waals surface area contributed by atoms with Crippen molar-refractivity contribution in [3.8, 4) is 0 Å². The van der Waals surface area contributed by atoms with E-state index in [0.717, 1.165) is 6.42 Å². The number of nitrogens with one attached hydrogen (secondary N) is 1. The summed E-state index contributed by atoms with van der Waals surface area (Å²) in [5.74, 6) is -0.315. The third kappa shape index (κ3) is 6.36. The summed E-state index contributed by atoms with van der Waals surface area (Å²) in [7, 11) is -6.77. The zero-order valence-corrected chi connectivity index (χ0v) is 18.7. The summed E-state index contributed by atoms with van der Waals surface area (Å²) in [6.07, 6.45) is 5.56. The fraction of sp³-hybridized carbons (Fsp3) is 0.526. The molecule has 1 heterocycles. The molecule has 0 aromatic heterocycles. The Morgan fingerprint density at radius 3 is 2.34 bits per heavy atom. The van der Waals surface area contributed by atoms with Crippen LogP contribution in [-0.4, -0.2) is 69.8 Å². The van der Waals surface area contributed by atoms with Gasteiger partial charge in [-0.05, 0) is 36.6 Å². The minimum absolute atomic E-state index is 0.214. The van der Waals surface area contributed by atoms with Gasteiger partial charge in [0.2, 0.25) is 26.0 Å². The Balaban J connectivity index is 1.98. The molecular formula is C19H29N3O5S2. The van der Waals surface area contributed by atoms with E-state index < -0.39 is 20.0 Å². The third-order valence-electron chi connectivity index (χ3n) is 4.85. The molecule has 0 radical (unpaired) electrons. The summed E-state index contributed by atoms with van der Waals surface area (Å²) >= 11 is 0. The zero-order valence-electron chi connectivity index (χ0n) is 17.0.